The first-order valence-electron chi connectivity index (χ1n) is 8.06. The average molecular weight is 431 g/mol. The standard InChI is InChI=1S/C17H16F3N3O5S/c18-17(19,20)28-13-6-8-14(9-7-13)29(26,27)21-11-10-15(24)22-23-16(25)12-4-2-1-3-5-12/h1-9,21H,10-11H2,(H,22,24)(H,23,25). The maximum atomic E-state index is 12.1. The molecule has 0 atom stereocenters. The maximum absolute atomic E-state index is 12.1. The van der Waals surface area contributed by atoms with Crippen molar-refractivity contribution in [3.05, 3.63) is 60.2 Å². The third kappa shape index (κ3) is 7.43. The fraction of sp³-hybridized carbons (Fsp3) is 0.176. The van der Waals surface area contributed by atoms with E-state index in [1.54, 1.807) is 30.3 Å². The molecule has 0 unspecified atom stereocenters. The molecular weight excluding hydrogens is 415 g/mol. The summed E-state index contributed by atoms with van der Waals surface area (Å²) in [6.45, 7) is -0.295. The first-order valence-corrected chi connectivity index (χ1v) is 9.55. The van der Waals surface area contributed by atoms with E-state index in [9.17, 15) is 31.2 Å². The Kier molecular flexibility index (Phi) is 7.18. The number of carbonyl (C=O) groups is 2. The minimum absolute atomic E-state index is 0.288. The van der Waals surface area contributed by atoms with Gasteiger partial charge in [0.2, 0.25) is 15.9 Å². The van der Waals surface area contributed by atoms with Crippen molar-refractivity contribution in [2.24, 2.45) is 0 Å². The molecule has 2 aromatic carbocycles. The van der Waals surface area contributed by atoms with E-state index in [4.69, 9.17) is 0 Å². The van der Waals surface area contributed by atoms with Crippen LogP contribution in [0, 0.1) is 0 Å². The van der Waals surface area contributed by atoms with Crippen LogP contribution in [0.25, 0.3) is 0 Å². The van der Waals surface area contributed by atoms with Crippen LogP contribution in [0.3, 0.4) is 0 Å². The van der Waals surface area contributed by atoms with Gasteiger partial charge in [-0.3, -0.25) is 20.4 Å². The number of rotatable bonds is 7. The molecule has 2 rings (SSSR count). The molecule has 2 aromatic rings. The molecule has 0 bridgehead atoms. The Hall–Kier alpha value is -3.12. The summed E-state index contributed by atoms with van der Waals surface area (Å²) in [6.07, 6.45) is -5.18. The molecule has 29 heavy (non-hydrogen) atoms. The van der Waals surface area contributed by atoms with Crippen molar-refractivity contribution in [2.75, 3.05) is 6.54 Å². The molecule has 0 spiro atoms. The molecule has 0 fully saturated rings. The van der Waals surface area contributed by atoms with Crippen LogP contribution in [0.5, 0.6) is 5.75 Å². The molecule has 12 heteroatoms. The average Bonchev–Trinajstić information content (AvgIpc) is 2.66. The highest BCUT2D eigenvalue weighted by Crippen LogP contribution is 2.23. The molecule has 0 aliphatic heterocycles. The van der Waals surface area contributed by atoms with Crippen LogP contribution in [-0.2, 0) is 14.8 Å². The zero-order chi connectivity index (χ0) is 21.5. The fourth-order valence-corrected chi connectivity index (χ4v) is 3.09. The monoisotopic (exact) mass is 431 g/mol. The van der Waals surface area contributed by atoms with Gasteiger partial charge in [0, 0.05) is 18.5 Å². The Labute approximate surface area is 164 Å². The Bertz CT molecular complexity index is 949. The quantitative estimate of drug-likeness (QED) is 0.578. The van der Waals surface area contributed by atoms with Crippen LogP contribution < -0.4 is 20.3 Å². The summed E-state index contributed by atoms with van der Waals surface area (Å²) >= 11 is 0. The number of hydrogen-bond acceptors (Lipinski definition) is 5. The van der Waals surface area contributed by atoms with E-state index in [2.05, 4.69) is 20.3 Å². The van der Waals surface area contributed by atoms with Crippen LogP contribution in [0.1, 0.15) is 16.8 Å². The van der Waals surface area contributed by atoms with Crippen molar-refractivity contribution in [3.63, 3.8) is 0 Å². The van der Waals surface area contributed by atoms with Gasteiger partial charge >= 0.3 is 6.36 Å². The zero-order valence-electron chi connectivity index (χ0n) is 14.7. The minimum Gasteiger partial charge on any atom is -0.406 e. The van der Waals surface area contributed by atoms with Gasteiger partial charge in [-0.25, -0.2) is 13.1 Å². The third-order valence-corrected chi connectivity index (χ3v) is 4.84. The number of benzene rings is 2. The van der Waals surface area contributed by atoms with Crippen molar-refractivity contribution in [1.82, 2.24) is 15.6 Å². The Morgan fingerprint density at radius 3 is 2.14 bits per heavy atom. The summed E-state index contributed by atoms with van der Waals surface area (Å²) in [5.74, 6) is -1.75. The van der Waals surface area contributed by atoms with Crippen molar-refractivity contribution in [2.45, 2.75) is 17.7 Å². The van der Waals surface area contributed by atoms with Crippen LogP contribution in [0.2, 0.25) is 0 Å². The largest absolute Gasteiger partial charge is 0.573 e. The predicted octanol–water partition coefficient (Wildman–Crippen LogP) is 1.71. The summed E-state index contributed by atoms with van der Waals surface area (Å²) in [7, 11) is -4.04. The number of ether oxygens (including phenoxy) is 1. The SMILES string of the molecule is O=C(CCNS(=O)(=O)c1ccc(OC(F)(F)F)cc1)NNC(=O)c1ccccc1. The molecule has 0 radical (unpaired) electrons. The van der Waals surface area contributed by atoms with Gasteiger partial charge in [0.1, 0.15) is 5.75 Å². The number of carbonyl (C=O) groups excluding carboxylic acids is 2. The molecule has 0 aliphatic rings. The van der Waals surface area contributed by atoms with Gasteiger partial charge in [0.25, 0.3) is 5.91 Å². The Morgan fingerprint density at radius 2 is 1.55 bits per heavy atom. The molecule has 0 saturated heterocycles. The second kappa shape index (κ2) is 9.39. The molecule has 2 amide bonds. The Balaban J connectivity index is 1.79. The van der Waals surface area contributed by atoms with Crippen molar-refractivity contribution in [1.29, 1.82) is 0 Å². The van der Waals surface area contributed by atoms with Crippen molar-refractivity contribution >= 4 is 21.8 Å². The van der Waals surface area contributed by atoms with E-state index < -0.39 is 33.9 Å². The number of sulfonamides is 1. The lowest BCUT2D eigenvalue weighted by molar-refractivity contribution is -0.274. The predicted molar refractivity (Wildman–Crippen MR) is 95.0 cm³/mol. The van der Waals surface area contributed by atoms with E-state index in [0.29, 0.717) is 5.56 Å². The molecule has 0 aromatic heterocycles. The number of hydrazine groups is 1. The van der Waals surface area contributed by atoms with Gasteiger partial charge in [0.05, 0.1) is 4.90 Å². The van der Waals surface area contributed by atoms with Gasteiger partial charge in [-0.2, -0.15) is 0 Å². The van der Waals surface area contributed by atoms with Crippen LogP contribution in [0.15, 0.2) is 59.5 Å². The normalized spacial score (nSPS) is 11.6. The summed E-state index contributed by atoms with van der Waals surface area (Å²) in [4.78, 5) is 23.2. The number of alkyl halides is 3. The minimum atomic E-state index is -4.89. The third-order valence-electron chi connectivity index (χ3n) is 3.36. The summed E-state index contributed by atoms with van der Waals surface area (Å²) in [5.41, 5.74) is 4.65. The van der Waals surface area contributed by atoms with Gasteiger partial charge in [0.15, 0.2) is 0 Å². The number of amides is 2. The lowest BCUT2D eigenvalue weighted by Gasteiger charge is -2.10. The van der Waals surface area contributed by atoms with Crippen molar-refractivity contribution in [3.8, 4) is 5.75 Å². The van der Waals surface area contributed by atoms with E-state index in [0.717, 1.165) is 24.3 Å². The molecule has 8 nitrogen and oxygen atoms in total. The summed E-state index contributed by atoms with van der Waals surface area (Å²) in [5, 5.41) is 0. The van der Waals surface area contributed by atoms with E-state index in [1.165, 1.54) is 0 Å². The number of halogens is 3. The van der Waals surface area contributed by atoms with E-state index in [-0.39, 0.29) is 17.9 Å². The van der Waals surface area contributed by atoms with E-state index >= 15 is 0 Å². The fourth-order valence-electron chi connectivity index (χ4n) is 2.05. The van der Waals surface area contributed by atoms with Crippen LogP contribution >= 0.6 is 0 Å². The second-order valence-corrected chi connectivity index (χ2v) is 7.30. The lowest BCUT2D eigenvalue weighted by Crippen LogP contribution is -2.42. The maximum Gasteiger partial charge on any atom is 0.573 e. The molecule has 0 saturated carbocycles. The summed E-state index contributed by atoms with van der Waals surface area (Å²) < 4.78 is 66.3. The first kappa shape index (κ1) is 22.2. The zero-order valence-corrected chi connectivity index (χ0v) is 15.5. The molecule has 0 heterocycles. The number of hydrogen-bond donors (Lipinski definition) is 3. The van der Waals surface area contributed by atoms with Crippen molar-refractivity contribution < 1.29 is 35.9 Å². The van der Waals surface area contributed by atoms with Crippen LogP contribution in [0.4, 0.5) is 13.2 Å². The van der Waals surface area contributed by atoms with Gasteiger partial charge in [-0.15, -0.1) is 13.2 Å². The highest BCUT2D eigenvalue weighted by Gasteiger charge is 2.31. The van der Waals surface area contributed by atoms with Gasteiger partial charge in [-0.1, -0.05) is 18.2 Å². The van der Waals surface area contributed by atoms with Gasteiger partial charge < -0.3 is 4.74 Å². The molecule has 156 valence electrons. The summed E-state index contributed by atoms with van der Waals surface area (Å²) in [6, 6.07) is 11.7. The highest BCUT2D eigenvalue weighted by molar-refractivity contribution is 7.89. The van der Waals surface area contributed by atoms with Gasteiger partial charge in [-0.05, 0) is 36.4 Å². The highest BCUT2D eigenvalue weighted by atomic mass is 32.2. The topological polar surface area (TPSA) is 114 Å². The Morgan fingerprint density at radius 1 is 0.931 bits per heavy atom. The molecular formula is C17H16F3N3O5S. The van der Waals surface area contributed by atoms with E-state index in [1.807, 2.05) is 0 Å². The lowest BCUT2D eigenvalue weighted by atomic mass is 10.2. The molecule has 0 aliphatic carbocycles. The molecule has 3 N–H and O–H groups in total. The first-order chi connectivity index (χ1) is 13.6. The smallest absolute Gasteiger partial charge is 0.406 e. The second-order valence-electron chi connectivity index (χ2n) is 5.54. The number of nitrogens with one attached hydrogen (secondary N) is 3. The van der Waals surface area contributed by atoms with Crippen LogP contribution in [-0.4, -0.2) is 33.1 Å².